The Morgan fingerprint density at radius 1 is 0.967 bits per heavy atom. The molecule has 3 aromatic carbocycles. The Balaban J connectivity index is 1.54. The molecule has 7 heteroatoms. The number of halogens is 1. The molecule has 0 spiro atoms. The summed E-state index contributed by atoms with van der Waals surface area (Å²) in [5, 5.41) is 5.71. The van der Waals surface area contributed by atoms with Crippen LogP contribution in [0.2, 0.25) is 5.02 Å². The van der Waals surface area contributed by atoms with E-state index >= 15 is 0 Å². The van der Waals surface area contributed by atoms with Crippen molar-refractivity contribution in [3.8, 4) is 0 Å². The van der Waals surface area contributed by atoms with E-state index in [9.17, 15) is 13.2 Å². The highest BCUT2D eigenvalue weighted by Crippen LogP contribution is 2.20. The molecule has 5 nitrogen and oxygen atoms in total. The maximum absolute atomic E-state index is 12.3. The van der Waals surface area contributed by atoms with Gasteiger partial charge in [-0.3, -0.25) is 4.79 Å². The minimum absolute atomic E-state index is 0.0575. The number of fused-ring (bicyclic) bond motifs is 1. The van der Waals surface area contributed by atoms with Gasteiger partial charge in [-0.25, -0.2) is 8.42 Å². The second kappa shape index (κ2) is 10.1. The summed E-state index contributed by atoms with van der Waals surface area (Å²) >= 11 is 6.13. The van der Waals surface area contributed by atoms with Crippen LogP contribution in [-0.2, 0) is 27.8 Å². The van der Waals surface area contributed by atoms with Crippen molar-refractivity contribution in [3.05, 3.63) is 82.9 Å². The van der Waals surface area contributed by atoms with Gasteiger partial charge in [-0.05, 0) is 40.8 Å². The first-order chi connectivity index (χ1) is 14.3. The Kier molecular flexibility index (Phi) is 7.48. The molecule has 0 aliphatic rings. The van der Waals surface area contributed by atoms with Gasteiger partial charge in [0.05, 0.1) is 12.8 Å². The lowest BCUT2D eigenvalue weighted by atomic mass is 10.0. The zero-order chi connectivity index (χ0) is 21.6. The van der Waals surface area contributed by atoms with Gasteiger partial charge in [-0.2, -0.15) is 4.31 Å². The molecular formula is C23H25ClN2O3S. The van der Waals surface area contributed by atoms with Crippen LogP contribution in [-0.4, -0.2) is 38.0 Å². The minimum atomic E-state index is -3.56. The summed E-state index contributed by atoms with van der Waals surface area (Å²) in [6, 6.07) is 21.4. The summed E-state index contributed by atoms with van der Waals surface area (Å²) in [6.45, 7) is 0.298. The lowest BCUT2D eigenvalue weighted by molar-refractivity contribution is -0.121. The van der Waals surface area contributed by atoms with Crippen LogP contribution in [0.5, 0.6) is 0 Å². The Hall–Kier alpha value is -2.41. The van der Waals surface area contributed by atoms with Crippen molar-refractivity contribution in [2.75, 3.05) is 19.3 Å². The molecular weight excluding hydrogens is 420 g/mol. The molecule has 3 aromatic rings. The molecule has 30 heavy (non-hydrogen) atoms. The van der Waals surface area contributed by atoms with Crippen molar-refractivity contribution in [3.63, 3.8) is 0 Å². The van der Waals surface area contributed by atoms with Gasteiger partial charge in [0.2, 0.25) is 15.9 Å². The van der Waals surface area contributed by atoms with Crippen LogP contribution < -0.4 is 5.32 Å². The van der Waals surface area contributed by atoms with Gasteiger partial charge in [0.25, 0.3) is 0 Å². The molecule has 158 valence electrons. The first kappa shape index (κ1) is 22.3. The van der Waals surface area contributed by atoms with E-state index in [4.69, 9.17) is 11.6 Å². The van der Waals surface area contributed by atoms with Crippen LogP contribution >= 0.6 is 11.6 Å². The number of carbonyl (C=O) groups excluding carboxylic acids is 1. The van der Waals surface area contributed by atoms with Crippen LogP contribution in [0.1, 0.15) is 17.5 Å². The summed E-state index contributed by atoms with van der Waals surface area (Å²) in [5.41, 5.74) is 1.90. The standard InChI is InChI=1S/C23H25ClN2O3S/c1-30(28,29)26(16-20-9-3-5-14-22(20)24)17-23(27)25-15-7-12-19-11-6-10-18-8-2-4-13-21(18)19/h2-6,8-11,13-14H,7,12,15-17H2,1H3,(H,25,27). The molecule has 1 N–H and O–H groups in total. The molecule has 0 atom stereocenters. The van der Waals surface area contributed by atoms with Gasteiger partial charge in [0.1, 0.15) is 0 Å². The fourth-order valence-corrected chi connectivity index (χ4v) is 4.26. The third-order valence-electron chi connectivity index (χ3n) is 4.92. The molecule has 0 heterocycles. The van der Waals surface area contributed by atoms with Crippen LogP contribution in [0.15, 0.2) is 66.7 Å². The summed E-state index contributed by atoms with van der Waals surface area (Å²) in [7, 11) is -3.56. The molecule has 3 rings (SSSR count). The predicted molar refractivity (Wildman–Crippen MR) is 122 cm³/mol. The van der Waals surface area contributed by atoms with Crippen molar-refractivity contribution in [2.45, 2.75) is 19.4 Å². The average molecular weight is 445 g/mol. The maximum atomic E-state index is 12.3. The van der Waals surface area contributed by atoms with E-state index in [1.165, 1.54) is 16.3 Å². The van der Waals surface area contributed by atoms with E-state index in [1.807, 2.05) is 18.2 Å². The van der Waals surface area contributed by atoms with E-state index in [0.29, 0.717) is 17.1 Å². The number of nitrogens with one attached hydrogen (secondary N) is 1. The zero-order valence-electron chi connectivity index (χ0n) is 16.8. The predicted octanol–water partition coefficient (Wildman–Crippen LogP) is 4.00. The number of hydrogen-bond acceptors (Lipinski definition) is 3. The fraction of sp³-hybridized carbons (Fsp3) is 0.261. The second-order valence-electron chi connectivity index (χ2n) is 7.21. The third-order valence-corrected chi connectivity index (χ3v) is 6.48. The molecule has 0 bridgehead atoms. The van der Waals surface area contributed by atoms with Crippen molar-refractivity contribution in [1.82, 2.24) is 9.62 Å². The fourth-order valence-electron chi connectivity index (χ4n) is 3.34. The van der Waals surface area contributed by atoms with Gasteiger partial charge in [0, 0.05) is 18.1 Å². The van der Waals surface area contributed by atoms with Gasteiger partial charge >= 0.3 is 0 Å². The smallest absolute Gasteiger partial charge is 0.235 e. The van der Waals surface area contributed by atoms with Crippen LogP contribution in [0, 0.1) is 0 Å². The highest BCUT2D eigenvalue weighted by atomic mass is 35.5. The van der Waals surface area contributed by atoms with Crippen molar-refractivity contribution < 1.29 is 13.2 Å². The molecule has 0 aliphatic carbocycles. The Morgan fingerprint density at radius 3 is 2.40 bits per heavy atom. The molecule has 0 saturated heterocycles. The Bertz CT molecular complexity index is 1130. The topological polar surface area (TPSA) is 66.5 Å². The summed E-state index contributed by atoms with van der Waals surface area (Å²) in [5.74, 6) is -0.328. The number of nitrogens with zero attached hydrogens (tertiary/aromatic N) is 1. The van der Waals surface area contributed by atoms with Crippen molar-refractivity contribution >= 4 is 38.3 Å². The van der Waals surface area contributed by atoms with E-state index < -0.39 is 10.0 Å². The van der Waals surface area contributed by atoms with Crippen LogP contribution in [0.4, 0.5) is 0 Å². The van der Waals surface area contributed by atoms with Crippen LogP contribution in [0.25, 0.3) is 10.8 Å². The molecule has 0 fully saturated rings. The molecule has 0 unspecified atom stereocenters. The monoisotopic (exact) mass is 444 g/mol. The van der Waals surface area contributed by atoms with E-state index in [0.717, 1.165) is 23.4 Å². The number of aryl methyl sites for hydroxylation is 1. The summed E-state index contributed by atoms with van der Waals surface area (Å²) < 4.78 is 25.4. The molecule has 1 amide bonds. The largest absolute Gasteiger partial charge is 0.355 e. The average Bonchev–Trinajstić information content (AvgIpc) is 2.71. The van der Waals surface area contributed by atoms with Gasteiger partial charge in [-0.1, -0.05) is 72.3 Å². The number of rotatable bonds is 9. The maximum Gasteiger partial charge on any atom is 0.235 e. The van der Waals surface area contributed by atoms with Gasteiger partial charge < -0.3 is 5.32 Å². The summed E-state index contributed by atoms with van der Waals surface area (Å²) in [4.78, 5) is 12.3. The zero-order valence-corrected chi connectivity index (χ0v) is 18.4. The number of sulfonamides is 1. The Labute approximate surface area is 182 Å². The molecule has 0 aromatic heterocycles. The number of benzene rings is 3. The molecule has 0 radical (unpaired) electrons. The van der Waals surface area contributed by atoms with Gasteiger partial charge in [0.15, 0.2) is 0 Å². The number of amides is 1. The highest BCUT2D eigenvalue weighted by molar-refractivity contribution is 7.88. The second-order valence-corrected chi connectivity index (χ2v) is 9.60. The van der Waals surface area contributed by atoms with Crippen LogP contribution in [0.3, 0.4) is 0 Å². The first-order valence-electron chi connectivity index (χ1n) is 9.76. The highest BCUT2D eigenvalue weighted by Gasteiger charge is 2.21. The van der Waals surface area contributed by atoms with Gasteiger partial charge in [-0.15, -0.1) is 0 Å². The first-order valence-corrected chi connectivity index (χ1v) is 12.0. The van der Waals surface area contributed by atoms with E-state index in [1.54, 1.807) is 24.3 Å². The normalized spacial score (nSPS) is 11.7. The number of hydrogen-bond donors (Lipinski definition) is 1. The quantitative estimate of drug-likeness (QED) is 0.507. The van der Waals surface area contributed by atoms with E-state index in [2.05, 4.69) is 29.6 Å². The van der Waals surface area contributed by atoms with Crippen molar-refractivity contribution in [1.29, 1.82) is 0 Å². The molecule has 0 aliphatic heterocycles. The van der Waals surface area contributed by atoms with E-state index in [-0.39, 0.29) is 19.0 Å². The lowest BCUT2D eigenvalue weighted by Crippen LogP contribution is -2.40. The molecule has 0 saturated carbocycles. The lowest BCUT2D eigenvalue weighted by Gasteiger charge is -2.20. The number of carbonyl (C=O) groups is 1. The Morgan fingerprint density at radius 2 is 1.63 bits per heavy atom. The summed E-state index contributed by atoms with van der Waals surface area (Å²) in [6.07, 6.45) is 2.69. The third kappa shape index (κ3) is 6.05. The SMILES string of the molecule is CS(=O)(=O)N(CC(=O)NCCCc1cccc2ccccc12)Cc1ccccc1Cl. The minimum Gasteiger partial charge on any atom is -0.355 e. The van der Waals surface area contributed by atoms with Crippen molar-refractivity contribution in [2.24, 2.45) is 0 Å².